The lowest BCUT2D eigenvalue weighted by atomic mass is 10.0. The van der Waals surface area contributed by atoms with Gasteiger partial charge in [0.2, 0.25) is 0 Å². The van der Waals surface area contributed by atoms with E-state index >= 15 is 0 Å². The molecule has 2 heterocycles. The quantitative estimate of drug-likeness (QED) is 0.776. The summed E-state index contributed by atoms with van der Waals surface area (Å²) in [4.78, 5) is 6.89. The van der Waals surface area contributed by atoms with Gasteiger partial charge in [0.05, 0.1) is 12.1 Å². The van der Waals surface area contributed by atoms with E-state index in [-0.39, 0.29) is 5.54 Å². The van der Waals surface area contributed by atoms with Gasteiger partial charge in [-0.3, -0.25) is 4.99 Å². The number of amidine groups is 1. The molecule has 0 radical (unpaired) electrons. The molecule has 2 aliphatic rings. The molecule has 0 aliphatic carbocycles. The van der Waals surface area contributed by atoms with Crippen molar-refractivity contribution in [2.75, 3.05) is 13.2 Å². The van der Waals surface area contributed by atoms with Crippen LogP contribution in [0.3, 0.4) is 0 Å². The molecule has 1 aromatic rings. The molecule has 0 saturated carbocycles. The van der Waals surface area contributed by atoms with Gasteiger partial charge in [0.1, 0.15) is 6.61 Å². The predicted octanol–water partition coefficient (Wildman–Crippen LogP) is 3.62. The van der Waals surface area contributed by atoms with Crippen LogP contribution in [0.5, 0.6) is 0 Å². The number of hydrogen-bond acceptors (Lipinski definition) is 3. The SMILES string of the molecule is C#CCC1(C)CN2C=CC=C(OC/C=C/c3ccccc3)C2=N1. The number of benzene rings is 1. The minimum atomic E-state index is -0.235. The summed E-state index contributed by atoms with van der Waals surface area (Å²) in [5.41, 5.74) is 0.927. The van der Waals surface area contributed by atoms with Crippen LogP contribution in [0.25, 0.3) is 6.08 Å². The molecule has 116 valence electrons. The van der Waals surface area contributed by atoms with E-state index in [4.69, 9.17) is 16.2 Å². The highest BCUT2D eigenvalue weighted by atomic mass is 16.5. The van der Waals surface area contributed by atoms with Gasteiger partial charge in [-0.25, -0.2) is 0 Å². The van der Waals surface area contributed by atoms with Crippen molar-refractivity contribution in [2.24, 2.45) is 4.99 Å². The second-order valence-electron chi connectivity index (χ2n) is 5.94. The van der Waals surface area contributed by atoms with Crippen LogP contribution in [0.1, 0.15) is 18.9 Å². The second kappa shape index (κ2) is 6.58. The van der Waals surface area contributed by atoms with Crippen molar-refractivity contribution < 1.29 is 4.74 Å². The monoisotopic (exact) mass is 304 g/mol. The number of hydrogen-bond donors (Lipinski definition) is 0. The molecule has 0 fully saturated rings. The molecule has 0 spiro atoms. The summed E-state index contributed by atoms with van der Waals surface area (Å²) in [6.45, 7) is 3.38. The maximum atomic E-state index is 5.89. The number of aliphatic imine (C=N–C) groups is 1. The molecule has 2 aliphatic heterocycles. The van der Waals surface area contributed by atoms with E-state index in [0.29, 0.717) is 13.0 Å². The number of allylic oxidation sites excluding steroid dienone is 2. The highest BCUT2D eigenvalue weighted by Gasteiger charge is 2.36. The van der Waals surface area contributed by atoms with Crippen molar-refractivity contribution in [3.8, 4) is 12.3 Å². The molecule has 3 heteroatoms. The van der Waals surface area contributed by atoms with Crippen molar-refractivity contribution >= 4 is 11.9 Å². The summed E-state index contributed by atoms with van der Waals surface area (Å²) in [5.74, 6) is 4.39. The summed E-state index contributed by atoms with van der Waals surface area (Å²) in [7, 11) is 0. The van der Waals surface area contributed by atoms with Crippen LogP contribution >= 0.6 is 0 Å². The Labute approximate surface area is 137 Å². The average Bonchev–Trinajstić information content (AvgIpc) is 2.89. The zero-order chi connectivity index (χ0) is 16.1. The van der Waals surface area contributed by atoms with Crippen LogP contribution in [0.15, 0.2) is 65.5 Å². The molecule has 0 amide bonds. The molecule has 3 nitrogen and oxygen atoms in total. The Morgan fingerprint density at radius 1 is 1.39 bits per heavy atom. The summed E-state index contributed by atoms with van der Waals surface area (Å²) in [6.07, 6.45) is 16.1. The highest BCUT2D eigenvalue weighted by Crippen LogP contribution is 2.29. The Hall–Kier alpha value is -2.73. The number of nitrogens with zero attached hydrogens (tertiary/aromatic N) is 2. The first-order valence-corrected chi connectivity index (χ1v) is 7.73. The van der Waals surface area contributed by atoms with E-state index in [2.05, 4.69) is 36.0 Å². The first kappa shape index (κ1) is 15.2. The minimum Gasteiger partial charge on any atom is -0.486 e. The minimum absolute atomic E-state index is 0.235. The Bertz CT molecular complexity index is 722. The van der Waals surface area contributed by atoms with Crippen LogP contribution in [0.4, 0.5) is 0 Å². The second-order valence-corrected chi connectivity index (χ2v) is 5.94. The highest BCUT2D eigenvalue weighted by molar-refractivity contribution is 6.00. The van der Waals surface area contributed by atoms with Crippen molar-refractivity contribution in [3.05, 3.63) is 66.1 Å². The van der Waals surface area contributed by atoms with Gasteiger partial charge < -0.3 is 9.64 Å². The Morgan fingerprint density at radius 3 is 3.00 bits per heavy atom. The lowest BCUT2D eigenvalue weighted by Crippen LogP contribution is -2.31. The fourth-order valence-corrected chi connectivity index (χ4v) is 2.74. The number of ether oxygens (including phenoxy) is 1. The molecule has 0 aromatic heterocycles. The zero-order valence-electron chi connectivity index (χ0n) is 13.3. The standard InChI is InChI=1S/C20H20N2O/c1-3-13-20(2)16-22-14-7-12-18(19(22)21-20)23-15-8-11-17-9-5-4-6-10-17/h1,4-12,14H,13,15-16H2,2H3/b11-8+. The Balaban J connectivity index is 1.64. The van der Waals surface area contributed by atoms with Crippen LogP contribution in [-0.4, -0.2) is 29.4 Å². The number of fused-ring (bicyclic) bond motifs is 1. The fraction of sp³-hybridized carbons (Fsp3) is 0.250. The van der Waals surface area contributed by atoms with Gasteiger partial charge in [0, 0.05) is 12.6 Å². The van der Waals surface area contributed by atoms with E-state index in [0.717, 1.165) is 23.7 Å². The van der Waals surface area contributed by atoms with E-state index in [9.17, 15) is 0 Å². The fourth-order valence-electron chi connectivity index (χ4n) is 2.74. The molecule has 0 bridgehead atoms. The molecule has 1 unspecified atom stereocenters. The van der Waals surface area contributed by atoms with Gasteiger partial charge in [-0.15, -0.1) is 12.3 Å². The molecule has 0 saturated heterocycles. The van der Waals surface area contributed by atoms with Gasteiger partial charge in [0.25, 0.3) is 0 Å². The molecule has 1 aromatic carbocycles. The van der Waals surface area contributed by atoms with E-state index in [1.165, 1.54) is 0 Å². The van der Waals surface area contributed by atoms with Crippen molar-refractivity contribution in [2.45, 2.75) is 18.9 Å². The Morgan fingerprint density at radius 2 is 2.22 bits per heavy atom. The van der Waals surface area contributed by atoms with Gasteiger partial charge >= 0.3 is 0 Å². The first-order valence-electron chi connectivity index (χ1n) is 7.73. The zero-order valence-corrected chi connectivity index (χ0v) is 13.3. The molecule has 23 heavy (non-hydrogen) atoms. The molecular weight excluding hydrogens is 284 g/mol. The van der Waals surface area contributed by atoms with Gasteiger partial charge in [-0.2, -0.15) is 0 Å². The van der Waals surface area contributed by atoms with Crippen molar-refractivity contribution in [1.29, 1.82) is 0 Å². The smallest absolute Gasteiger partial charge is 0.171 e. The number of rotatable bonds is 5. The summed E-state index contributed by atoms with van der Waals surface area (Å²) < 4.78 is 5.89. The van der Waals surface area contributed by atoms with Crippen LogP contribution in [-0.2, 0) is 4.74 Å². The third-order valence-corrected chi connectivity index (χ3v) is 3.82. The van der Waals surface area contributed by atoms with E-state index in [1.807, 2.05) is 42.6 Å². The van der Waals surface area contributed by atoms with E-state index in [1.54, 1.807) is 0 Å². The third-order valence-electron chi connectivity index (χ3n) is 3.82. The predicted molar refractivity (Wildman–Crippen MR) is 94.6 cm³/mol. The van der Waals surface area contributed by atoms with Gasteiger partial charge in [-0.05, 0) is 30.7 Å². The summed E-state index contributed by atoms with van der Waals surface area (Å²) in [5, 5.41) is 0. The molecule has 1 atom stereocenters. The Kier molecular flexibility index (Phi) is 4.34. The van der Waals surface area contributed by atoms with Gasteiger partial charge in [-0.1, -0.05) is 36.4 Å². The van der Waals surface area contributed by atoms with Crippen LogP contribution < -0.4 is 0 Å². The number of terminal acetylenes is 1. The first-order chi connectivity index (χ1) is 11.2. The van der Waals surface area contributed by atoms with Crippen LogP contribution in [0, 0.1) is 12.3 Å². The maximum absolute atomic E-state index is 5.89. The topological polar surface area (TPSA) is 24.8 Å². The maximum Gasteiger partial charge on any atom is 0.171 e. The lowest BCUT2D eigenvalue weighted by molar-refractivity contribution is 0.263. The molecule has 3 rings (SSSR count). The van der Waals surface area contributed by atoms with Crippen molar-refractivity contribution in [1.82, 2.24) is 4.90 Å². The normalized spacial score (nSPS) is 22.5. The molecular formula is C20H20N2O. The van der Waals surface area contributed by atoms with Gasteiger partial charge in [0.15, 0.2) is 11.6 Å². The largest absolute Gasteiger partial charge is 0.486 e. The van der Waals surface area contributed by atoms with E-state index < -0.39 is 0 Å². The van der Waals surface area contributed by atoms with Crippen LogP contribution in [0.2, 0.25) is 0 Å². The lowest BCUT2D eigenvalue weighted by Gasteiger charge is -2.22. The van der Waals surface area contributed by atoms with Crippen molar-refractivity contribution in [3.63, 3.8) is 0 Å². The molecule has 0 N–H and O–H groups in total. The third kappa shape index (κ3) is 3.54. The average molecular weight is 304 g/mol. The summed E-state index contributed by atoms with van der Waals surface area (Å²) in [6, 6.07) is 10.2. The summed E-state index contributed by atoms with van der Waals surface area (Å²) >= 11 is 0.